The Labute approximate surface area is 161 Å². The summed E-state index contributed by atoms with van der Waals surface area (Å²) in [5.74, 6) is -3.52. The van der Waals surface area contributed by atoms with Crippen molar-refractivity contribution in [3.05, 3.63) is 64.2 Å². The Balaban J connectivity index is 0.000000380. The van der Waals surface area contributed by atoms with Crippen LogP contribution >= 0.6 is 11.6 Å². The highest BCUT2D eigenvalue weighted by Gasteiger charge is 2.18. The molecule has 0 amide bonds. The fraction of sp³-hybridized carbons (Fsp3) is 0.263. The number of aromatic hydroxyl groups is 1. The number of aliphatic carboxylic acids is 2. The number of carboxylic acids is 2. The number of carbonyl (C=O) groups is 2. The smallest absolute Gasteiger partial charge is 0.414 e. The van der Waals surface area contributed by atoms with Crippen LogP contribution in [-0.4, -0.2) is 40.3 Å². The lowest BCUT2D eigenvalue weighted by Gasteiger charge is -2.27. The highest BCUT2D eigenvalue weighted by Crippen LogP contribution is 2.24. The quantitative estimate of drug-likeness (QED) is 0.506. The van der Waals surface area contributed by atoms with Gasteiger partial charge in [-0.05, 0) is 41.8 Å². The van der Waals surface area contributed by atoms with E-state index in [1.54, 1.807) is 12.1 Å². The van der Waals surface area contributed by atoms with Gasteiger partial charge in [-0.2, -0.15) is 0 Å². The average molecular weight is 393 g/mol. The lowest BCUT2D eigenvalue weighted by Crippen LogP contribution is -2.36. The standard InChI is InChI=1S/C17H19ClN2O.C2H2O4/c18-15-9-12(5-6-17(15)21)10-19-11-16-14-4-2-1-3-13(14)7-8-20-16;3-1(4)2(5)6/h1-6,9,16,19-21H,7-8,10-11H2;(H,3,4)(H,5,6). The Hall–Kier alpha value is -2.61. The lowest BCUT2D eigenvalue weighted by molar-refractivity contribution is -0.159. The molecule has 1 unspecified atom stereocenters. The molecule has 7 nitrogen and oxygen atoms in total. The van der Waals surface area contributed by atoms with E-state index in [9.17, 15) is 5.11 Å². The predicted octanol–water partition coefficient (Wildman–Crippen LogP) is 2.18. The van der Waals surface area contributed by atoms with E-state index in [1.807, 2.05) is 6.07 Å². The van der Waals surface area contributed by atoms with Crippen LogP contribution in [0.5, 0.6) is 5.75 Å². The minimum absolute atomic E-state index is 0.128. The van der Waals surface area contributed by atoms with Crippen molar-refractivity contribution in [2.24, 2.45) is 0 Å². The fourth-order valence-electron chi connectivity index (χ4n) is 2.80. The molecule has 27 heavy (non-hydrogen) atoms. The summed E-state index contributed by atoms with van der Waals surface area (Å²) in [6.07, 6.45) is 1.10. The Morgan fingerprint density at radius 1 is 1.15 bits per heavy atom. The summed E-state index contributed by atoms with van der Waals surface area (Å²) in [6, 6.07) is 14.3. The average Bonchev–Trinajstić information content (AvgIpc) is 2.65. The Bertz CT molecular complexity index is 800. The number of hydrogen-bond donors (Lipinski definition) is 5. The molecule has 144 valence electrons. The van der Waals surface area contributed by atoms with E-state index < -0.39 is 11.9 Å². The maximum absolute atomic E-state index is 9.42. The van der Waals surface area contributed by atoms with E-state index in [4.69, 9.17) is 31.4 Å². The van der Waals surface area contributed by atoms with E-state index in [1.165, 1.54) is 11.1 Å². The van der Waals surface area contributed by atoms with Gasteiger partial charge in [0.05, 0.1) is 5.02 Å². The Kier molecular flexibility index (Phi) is 7.60. The molecule has 0 fully saturated rings. The van der Waals surface area contributed by atoms with Crippen molar-refractivity contribution in [3.63, 3.8) is 0 Å². The van der Waals surface area contributed by atoms with Crippen LogP contribution in [0.3, 0.4) is 0 Å². The summed E-state index contributed by atoms with van der Waals surface area (Å²) in [6.45, 7) is 2.63. The van der Waals surface area contributed by atoms with Crippen LogP contribution < -0.4 is 10.6 Å². The second-order valence-corrected chi connectivity index (χ2v) is 6.39. The van der Waals surface area contributed by atoms with E-state index in [2.05, 4.69) is 34.9 Å². The molecule has 1 aliphatic rings. The number of hydrogen-bond acceptors (Lipinski definition) is 5. The molecule has 2 aromatic rings. The summed E-state index contributed by atoms with van der Waals surface area (Å²) < 4.78 is 0. The van der Waals surface area contributed by atoms with Crippen molar-refractivity contribution in [3.8, 4) is 5.75 Å². The van der Waals surface area contributed by atoms with E-state index in [0.29, 0.717) is 11.1 Å². The minimum Gasteiger partial charge on any atom is -0.506 e. The van der Waals surface area contributed by atoms with Gasteiger partial charge in [-0.25, -0.2) is 9.59 Å². The van der Waals surface area contributed by atoms with Crippen LogP contribution in [0.15, 0.2) is 42.5 Å². The highest BCUT2D eigenvalue weighted by molar-refractivity contribution is 6.32. The number of rotatable bonds is 4. The summed E-state index contributed by atoms with van der Waals surface area (Å²) in [7, 11) is 0. The summed E-state index contributed by atoms with van der Waals surface area (Å²) in [5.41, 5.74) is 3.90. The van der Waals surface area contributed by atoms with Gasteiger partial charge in [-0.3, -0.25) is 0 Å². The molecule has 1 atom stereocenters. The Morgan fingerprint density at radius 2 is 1.85 bits per heavy atom. The first-order chi connectivity index (χ1) is 12.9. The van der Waals surface area contributed by atoms with Crippen LogP contribution in [0.4, 0.5) is 0 Å². The summed E-state index contributed by atoms with van der Waals surface area (Å²) in [4.78, 5) is 18.2. The normalized spacial score (nSPS) is 15.2. The van der Waals surface area contributed by atoms with Gasteiger partial charge in [0.25, 0.3) is 0 Å². The van der Waals surface area contributed by atoms with Crippen molar-refractivity contribution in [2.45, 2.75) is 19.0 Å². The van der Waals surface area contributed by atoms with Gasteiger partial charge in [0.2, 0.25) is 0 Å². The number of fused-ring (bicyclic) bond motifs is 1. The second kappa shape index (κ2) is 9.91. The van der Waals surface area contributed by atoms with Crippen molar-refractivity contribution in [1.82, 2.24) is 10.6 Å². The van der Waals surface area contributed by atoms with Gasteiger partial charge < -0.3 is 26.0 Å². The molecular formula is C19H21ClN2O5. The van der Waals surface area contributed by atoms with Crippen LogP contribution in [0.25, 0.3) is 0 Å². The maximum atomic E-state index is 9.42. The zero-order chi connectivity index (χ0) is 19.8. The highest BCUT2D eigenvalue weighted by atomic mass is 35.5. The first-order valence-corrected chi connectivity index (χ1v) is 8.71. The molecule has 0 spiro atoms. The molecule has 3 rings (SSSR count). The van der Waals surface area contributed by atoms with E-state index in [-0.39, 0.29) is 5.75 Å². The molecular weight excluding hydrogens is 372 g/mol. The lowest BCUT2D eigenvalue weighted by atomic mass is 9.94. The monoisotopic (exact) mass is 392 g/mol. The van der Waals surface area contributed by atoms with Gasteiger partial charge in [0.1, 0.15) is 5.75 Å². The van der Waals surface area contributed by atoms with E-state index in [0.717, 1.165) is 31.6 Å². The molecule has 0 saturated heterocycles. The molecule has 1 aliphatic heterocycles. The second-order valence-electron chi connectivity index (χ2n) is 5.98. The fourth-order valence-corrected chi connectivity index (χ4v) is 3.00. The molecule has 5 N–H and O–H groups in total. The number of halogens is 1. The zero-order valence-electron chi connectivity index (χ0n) is 14.5. The maximum Gasteiger partial charge on any atom is 0.414 e. The van der Waals surface area contributed by atoms with Crippen LogP contribution in [0.1, 0.15) is 22.7 Å². The molecule has 0 radical (unpaired) electrons. The third kappa shape index (κ3) is 6.25. The third-order valence-corrected chi connectivity index (χ3v) is 4.39. The first kappa shape index (κ1) is 20.7. The van der Waals surface area contributed by atoms with Gasteiger partial charge in [0, 0.05) is 19.1 Å². The minimum atomic E-state index is -1.82. The number of phenolic OH excluding ortho intramolecular Hbond substituents is 1. The van der Waals surface area contributed by atoms with Gasteiger partial charge in [-0.1, -0.05) is 41.9 Å². The third-order valence-electron chi connectivity index (χ3n) is 4.09. The first-order valence-electron chi connectivity index (χ1n) is 8.34. The number of carboxylic acid groups (broad SMARTS) is 2. The molecule has 0 aliphatic carbocycles. The van der Waals surface area contributed by atoms with Gasteiger partial charge in [0.15, 0.2) is 0 Å². The molecule has 1 heterocycles. The molecule has 0 bridgehead atoms. The number of phenols is 1. The SMILES string of the molecule is O=C(O)C(=O)O.Oc1ccc(CNCC2NCCc3ccccc32)cc1Cl. The van der Waals surface area contributed by atoms with Crippen molar-refractivity contribution < 1.29 is 24.9 Å². The molecule has 2 aromatic carbocycles. The molecule has 0 saturated carbocycles. The van der Waals surface area contributed by atoms with Gasteiger partial charge >= 0.3 is 11.9 Å². The van der Waals surface area contributed by atoms with Gasteiger partial charge in [-0.15, -0.1) is 0 Å². The molecule has 0 aromatic heterocycles. The summed E-state index contributed by atoms with van der Waals surface area (Å²) >= 11 is 5.92. The number of benzene rings is 2. The van der Waals surface area contributed by atoms with Crippen LogP contribution in [-0.2, 0) is 22.6 Å². The predicted molar refractivity (Wildman–Crippen MR) is 101 cm³/mol. The van der Waals surface area contributed by atoms with Crippen molar-refractivity contribution in [1.29, 1.82) is 0 Å². The topological polar surface area (TPSA) is 119 Å². The Morgan fingerprint density at radius 3 is 2.52 bits per heavy atom. The summed E-state index contributed by atoms with van der Waals surface area (Å²) in [5, 5.41) is 31.6. The molecule has 8 heteroatoms. The largest absolute Gasteiger partial charge is 0.506 e. The van der Waals surface area contributed by atoms with Crippen molar-refractivity contribution >= 4 is 23.5 Å². The van der Waals surface area contributed by atoms with Crippen LogP contribution in [0.2, 0.25) is 5.02 Å². The van der Waals surface area contributed by atoms with E-state index >= 15 is 0 Å². The zero-order valence-corrected chi connectivity index (χ0v) is 15.2. The number of nitrogens with one attached hydrogen (secondary N) is 2. The van der Waals surface area contributed by atoms with Crippen molar-refractivity contribution in [2.75, 3.05) is 13.1 Å². The van der Waals surface area contributed by atoms with Crippen LogP contribution in [0, 0.1) is 0 Å².